The van der Waals surface area contributed by atoms with Gasteiger partial charge in [0.05, 0.1) is 6.33 Å². The van der Waals surface area contributed by atoms with Gasteiger partial charge < -0.3 is 15.6 Å². The number of nitrogens with two attached hydrogens (primary N) is 1. The van der Waals surface area contributed by atoms with Crippen molar-refractivity contribution in [1.82, 2.24) is 14.9 Å². The van der Waals surface area contributed by atoms with Gasteiger partial charge in [0.1, 0.15) is 5.69 Å². The van der Waals surface area contributed by atoms with Crippen molar-refractivity contribution in [3.8, 4) is 0 Å². The molecular weight excluding hydrogens is 252 g/mol. The van der Waals surface area contributed by atoms with Gasteiger partial charge in [-0.15, -0.1) is 0 Å². The highest BCUT2D eigenvalue weighted by molar-refractivity contribution is 5.92. The monoisotopic (exact) mass is 272 g/mol. The zero-order chi connectivity index (χ0) is 14.7. The number of nitrogens with one attached hydrogen (secondary N) is 1. The maximum Gasteiger partial charge on any atom is 0.271 e. The third-order valence-corrected chi connectivity index (χ3v) is 3.35. The summed E-state index contributed by atoms with van der Waals surface area (Å²) in [6.45, 7) is 5.10. The van der Waals surface area contributed by atoms with Gasteiger partial charge in [-0.1, -0.05) is 12.1 Å². The molecular formula is C15H20N4O. The van der Waals surface area contributed by atoms with E-state index in [1.165, 1.54) is 0 Å². The van der Waals surface area contributed by atoms with Crippen LogP contribution in [0.1, 0.15) is 32.7 Å². The number of amides is 1. The van der Waals surface area contributed by atoms with Crippen LogP contribution in [-0.2, 0) is 20.1 Å². The first-order valence-electron chi connectivity index (χ1n) is 6.56. The molecule has 0 atom stereocenters. The van der Waals surface area contributed by atoms with Gasteiger partial charge in [-0.3, -0.25) is 4.79 Å². The van der Waals surface area contributed by atoms with E-state index in [2.05, 4.69) is 22.4 Å². The molecule has 2 rings (SSSR count). The molecule has 1 aromatic heterocycles. The van der Waals surface area contributed by atoms with Gasteiger partial charge >= 0.3 is 0 Å². The minimum Gasteiger partial charge on any atom is -0.347 e. The van der Waals surface area contributed by atoms with Crippen molar-refractivity contribution in [2.24, 2.45) is 12.8 Å². The highest BCUT2D eigenvalue weighted by Gasteiger charge is 2.10. The molecule has 1 aromatic carbocycles. The van der Waals surface area contributed by atoms with Crippen LogP contribution in [0.15, 0.2) is 24.7 Å². The molecule has 20 heavy (non-hydrogen) atoms. The van der Waals surface area contributed by atoms with Crippen molar-refractivity contribution >= 4 is 5.91 Å². The SMILES string of the molecule is Cc1cc(CN)cc(C)c1CNC(=O)c1cn(C)cn1. The Morgan fingerprint density at radius 2 is 2.00 bits per heavy atom. The maximum atomic E-state index is 12.0. The van der Waals surface area contributed by atoms with Crippen molar-refractivity contribution in [2.75, 3.05) is 0 Å². The summed E-state index contributed by atoms with van der Waals surface area (Å²) in [4.78, 5) is 16.0. The molecule has 0 saturated heterocycles. The first kappa shape index (κ1) is 14.3. The number of aryl methyl sites for hydroxylation is 3. The smallest absolute Gasteiger partial charge is 0.271 e. The van der Waals surface area contributed by atoms with Gasteiger partial charge in [-0.05, 0) is 36.1 Å². The van der Waals surface area contributed by atoms with Crippen LogP contribution in [0.5, 0.6) is 0 Å². The van der Waals surface area contributed by atoms with Crippen LogP contribution in [0.4, 0.5) is 0 Å². The topological polar surface area (TPSA) is 72.9 Å². The Morgan fingerprint density at radius 1 is 1.35 bits per heavy atom. The van der Waals surface area contributed by atoms with Crippen LogP contribution in [0.3, 0.4) is 0 Å². The van der Waals surface area contributed by atoms with Gasteiger partial charge in [0.25, 0.3) is 5.91 Å². The van der Waals surface area contributed by atoms with Crippen LogP contribution >= 0.6 is 0 Å². The minimum absolute atomic E-state index is 0.160. The second kappa shape index (κ2) is 5.88. The van der Waals surface area contributed by atoms with Crippen molar-refractivity contribution in [2.45, 2.75) is 26.9 Å². The number of imidazole rings is 1. The van der Waals surface area contributed by atoms with Crippen molar-refractivity contribution in [3.63, 3.8) is 0 Å². The summed E-state index contributed by atoms with van der Waals surface area (Å²) in [5.74, 6) is -0.160. The van der Waals surface area contributed by atoms with E-state index in [4.69, 9.17) is 5.73 Å². The van der Waals surface area contributed by atoms with E-state index in [9.17, 15) is 4.79 Å². The molecule has 0 spiro atoms. The molecule has 106 valence electrons. The Hall–Kier alpha value is -2.14. The highest BCUT2D eigenvalue weighted by atomic mass is 16.1. The van der Waals surface area contributed by atoms with Crippen LogP contribution < -0.4 is 11.1 Å². The molecule has 1 heterocycles. The number of hydrogen-bond acceptors (Lipinski definition) is 3. The van der Waals surface area contributed by atoms with E-state index < -0.39 is 0 Å². The second-order valence-electron chi connectivity index (χ2n) is 5.02. The summed E-state index contributed by atoms with van der Waals surface area (Å²) in [5, 5.41) is 2.90. The summed E-state index contributed by atoms with van der Waals surface area (Å²) in [6.07, 6.45) is 3.31. The Bertz CT molecular complexity index is 608. The highest BCUT2D eigenvalue weighted by Crippen LogP contribution is 2.16. The summed E-state index contributed by atoms with van der Waals surface area (Å²) in [5.41, 5.74) is 10.6. The lowest BCUT2D eigenvalue weighted by atomic mass is 9.99. The predicted octanol–water partition coefficient (Wildman–Crippen LogP) is 1.43. The van der Waals surface area contributed by atoms with Gasteiger partial charge in [-0.2, -0.15) is 0 Å². The normalized spacial score (nSPS) is 10.6. The molecule has 0 fully saturated rings. The van der Waals surface area contributed by atoms with Crippen LogP contribution in [0.25, 0.3) is 0 Å². The molecule has 0 aliphatic carbocycles. The van der Waals surface area contributed by atoms with E-state index in [-0.39, 0.29) is 5.91 Å². The van der Waals surface area contributed by atoms with Crippen molar-refractivity contribution in [3.05, 3.63) is 52.6 Å². The number of aromatic nitrogens is 2. The van der Waals surface area contributed by atoms with Crippen LogP contribution in [0.2, 0.25) is 0 Å². The predicted molar refractivity (Wildman–Crippen MR) is 78.2 cm³/mol. The molecule has 0 radical (unpaired) electrons. The third kappa shape index (κ3) is 3.05. The van der Waals surface area contributed by atoms with E-state index in [1.54, 1.807) is 17.1 Å². The molecule has 0 aliphatic heterocycles. The first-order valence-corrected chi connectivity index (χ1v) is 6.56. The van der Waals surface area contributed by atoms with E-state index >= 15 is 0 Å². The number of carbonyl (C=O) groups excluding carboxylic acids is 1. The molecule has 0 saturated carbocycles. The fourth-order valence-electron chi connectivity index (χ4n) is 2.27. The Balaban J connectivity index is 2.09. The fourth-order valence-corrected chi connectivity index (χ4v) is 2.27. The number of carbonyl (C=O) groups is 1. The molecule has 0 bridgehead atoms. The van der Waals surface area contributed by atoms with Crippen molar-refractivity contribution < 1.29 is 4.79 Å². The van der Waals surface area contributed by atoms with E-state index in [0.717, 1.165) is 22.3 Å². The maximum absolute atomic E-state index is 12.0. The van der Waals surface area contributed by atoms with Crippen molar-refractivity contribution in [1.29, 1.82) is 0 Å². The Labute approximate surface area is 118 Å². The lowest BCUT2D eigenvalue weighted by Gasteiger charge is -2.12. The molecule has 1 amide bonds. The summed E-state index contributed by atoms with van der Waals surface area (Å²) in [7, 11) is 1.84. The molecule has 5 heteroatoms. The third-order valence-electron chi connectivity index (χ3n) is 3.35. The van der Waals surface area contributed by atoms with Crippen LogP contribution in [0, 0.1) is 13.8 Å². The summed E-state index contributed by atoms with van der Waals surface area (Å²) < 4.78 is 1.75. The quantitative estimate of drug-likeness (QED) is 0.884. The van der Waals surface area contributed by atoms with Gasteiger partial charge in [0.2, 0.25) is 0 Å². The van der Waals surface area contributed by atoms with E-state index in [1.807, 2.05) is 20.9 Å². The molecule has 3 N–H and O–H groups in total. The minimum atomic E-state index is -0.160. The average molecular weight is 272 g/mol. The summed E-state index contributed by atoms with van der Waals surface area (Å²) >= 11 is 0. The molecule has 5 nitrogen and oxygen atoms in total. The van der Waals surface area contributed by atoms with Gasteiger partial charge in [0, 0.05) is 26.3 Å². The molecule has 0 unspecified atom stereocenters. The Kier molecular flexibility index (Phi) is 4.20. The average Bonchev–Trinajstić information content (AvgIpc) is 2.84. The standard InChI is InChI=1S/C15H20N4O/c1-10-4-12(6-16)5-11(2)13(10)7-17-15(20)14-8-19(3)9-18-14/h4-5,8-9H,6-7,16H2,1-3H3,(H,17,20). The van der Waals surface area contributed by atoms with Gasteiger partial charge in [-0.25, -0.2) is 4.98 Å². The summed E-state index contributed by atoms with van der Waals surface area (Å²) in [6, 6.07) is 4.13. The van der Waals surface area contributed by atoms with Crippen LogP contribution in [-0.4, -0.2) is 15.5 Å². The van der Waals surface area contributed by atoms with Gasteiger partial charge in [0.15, 0.2) is 0 Å². The number of benzene rings is 1. The number of nitrogens with zero attached hydrogens (tertiary/aromatic N) is 2. The molecule has 2 aromatic rings. The lowest BCUT2D eigenvalue weighted by molar-refractivity contribution is 0.0946. The second-order valence-corrected chi connectivity index (χ2v) is 5.02. The largest absolute Gasteiger partial charge is 0.347 e. The Morgan fingerprint density at radius 3 is 2.50 bits per heavy atom. The number of rotatable bonds is 4. The lowest BCUT2D eigenvalue weighted by Crippen LogP contribution is -2.24. The fraction of sp³-hybridized carbons (Fsp3) is 0.333. The molecule has 0 aliphatic rings. The first-order chi connectivity index (χ1) is 9.51. The van der Waals surface area contributed by atoms with E-state index in [0.29, 0.717) is 18.8 Å². The zero-order valence-corrected chi connectivity index (χ0v) is 12.1. The zero-order valence-electron chi connectivity index (χ0n) is 12.1. The number of hydrogen-bond donors (Lipinski definition) is 2.